The van der Waals surface area contributed by atoms with Crippen molar-refractivity contribution in [2.75, 3.05) is 36.8 Å². The molecule has 1 atom stereocenters. The summed E-state index contributed by atoms with van der Waals surface area (Å²) >= 11 is 0. The predicted molar refractivity (Wildman–Crippen MR) is 174 cm³/mol. The van der Waals surface area contributed by atoms with Crippen LogP contribution in [-0.2, 0) is 4.74 Å². The van der Waals surface area contributed by atoms with E-state index in [2.05, 4.69) is 26.6 Å². The first-order chi connectivity index (χ1) is 20.5. The summed E-state index contributed by atoms with van der Waals surface area (Å²) in [6.07, 6.45) is 3.16. The quantitative estimate of drug-likeness (QED) is 0.263. The number of amides is 5. The van der Waals surface area contributed by atoms with Gasteiger partial charge in [-0.25, -0.2) is 14.4 Å². The predicted octanol–water partition coefficient (Wildman–Crippen LogP) is 5.44. The summed E-state index contributed by atoms with van der Waals surface area (Å²) in [5, 5.41) is 14.9. The molecule has 5 N–H and O–H groups in total. The van der Waals surface area contributed by atoms with Crippen LogP contribution in [0, 0.1) is 45.0 Å². The van der Waals surface area contributed by atoms with Gasteiger partial charge in [-0.3, -0.25) is 0 Å². The molecule has 43 heavy (non-hydrogen) atoms. The maximum Gasteiger partial charge on any atom is 0.410 e. The number of hydrogen-bond donors (Lipinski definition) is 5. The summed E-state index contributed by atoms with van der Waals surface area (Å²) < 4.78 is 11.0. The average molecular weight is 841 g/mol. The first kappa shape index (κ1) is 36.9. The number of aryl methyl sites for hydroxylation is 2. The second kappa shape index (κ2) is 19.2. The smallest absolute Gasteiger partial charge is 0.410 e. The largest absolute Gasteiger partial charge is 0.444 e. The molecular formula is C31H49N6O4PU. The van der Waals surface area contributed by atoms with Crippen molar-refractivity contribution in [2.45, 2.75) is 78.0 Å². The molecule has 2 aromatic rings. The van der Waals surface area contributed by atoms with Crippen molar-refractivity contribution < 1.29 is 50.2 Å². The number of rotatable bonds is 4. The summed E-state index contributed by atoms with van der Waals surface area (Å²) in [6, 6.07) is 15.5. The Morgan fingerprint density at radius 2 is 1.19 bits per heavy atom. The Kier molecular flexibility index (Phi) is 16.4. The van der Waals surface area contributed by atoms with Crippen molar-refractivity contribution in [1.29, 1.82) is 1.28 Å². The third-order valence-corrected chi connectivity index (χ3v) is 6.78. The van der Waals surface area contributed by atoms with Crippen molar-refractivity contribution in [3.63, 3.8) is 0 Å². The van der Waals surface area contributed by atoms with Gasteiger partial charge in [-0.05, 0) is 97.7 Å². The number of benzene rings is 2. The van der Waals surface area contributed by atoms with Gasteiger partial charge in [0.15, 0.2) is 0 Å². The number of ether oxygens (including phenoxy) is 1. The molecule has 2 aliphatic heterocycles. The minimum absolute atomic E-state index is 0. The van der Waals surface area contributed by atoms with Gasteiger partial charge in [-0.1, -0.05) is 35.4 Å². The molecule has 0 bridgehead atoms. The van der Waals surface area contributed by atoms with E-state index in [1.807, 2.05) is 83.1 Å². The van der Waals surface area contributed by atoms with Gasteiger partial charge in [0.25, 0.3) is 0 Å². The summed E-state index contributed by atoms with van der Waals surface area (Å²) in [5.41, 5.74) is 3.45. The van der Waals surface area contributed by atoms with Crippen molar-refractivity contribution in [1.82, 2.24) is 20.9 Å². The molecule has 0 aliphatic carbocycles. The van der Waals surface area contributed by atoms with E-state index in [9.17, 15) is 14.4 Å². The van der Waals surface area contributed by atoms with E-state index >= 15 is 0 Å². The van der Waals surface area contributed by atoms with E-state index in [1.54, 1.807) is 14.7 Å². The van der Waals surface area contributed by atoms with Crippen LogP contribution in [0.4, 0.5) is 25.8 Å². The minimum atomic E-state index is -0.486. The van der Waals surface area contributed by atoms with Gasteiger partial charge >= 0.3 is 18.2 Å². The van der Waals surface area contributed by atoms with Crippen LogP contribution < -0.4 is 26.6 Å². The van der Waals surface area contributed by atoms with Crippen molar-refractivity contribution in [3.05, 3.63) is 59.7 Å². The number of carbonyl (C=O) groups excluding carboxylic acids is 3. The molecule has 0 saturated carbocycles. The molecule has 236 valence electrons. The molecule has 2 aromatic carbocycles. The van der Waals surface area contributed by atoms with Gasteiger partial charge in [-0.2, -0.15) is 9.84 Å². The van der Waals surface area contributed by atoms with Gasteiger partial charge < -0.3 is 36.2 Å². The topological polar surface area (TPSA) is 124 Å². The van der Waals surface area contributed by atoms with Crippen LogP contribution in [0.3, 0.4) is 0 Å². The molecule has 1 unspecified atom stereocenters. The Hall–Kier alpha value is -2.31. The van der Waals surface area contributed by atoms with Gasteiger partial charge in [0.2, 0.25) is 0 Å². The molecule has 12 heteroatoms. The van der Waals surface area contributed by atoms with E-state index in [1.165, 1.54) is 5.56 Å². The standard InChI is InChI=1S/C18H27N3O3.C13H19N3O.H3P.U/c1-13-5-7-14(8-6-13)19-16(22)20-15-9-11-21(12-10-15)17(23)24-18(2,3)4;1-10-2-4-11(5-3-10)15-13(17)16-12-6-8-14-9-7-12;;/h5-8,15H,9-12H2,1-4H3,(H2,19,20,22);2-5,12,14H,6-9H2,1H3,(H2,15,16,17);1H3;/i;;1T;. The number of likely N-dealkylation sites (tertiary alicyclic amines) is 1. The Balaban J connectivity index is 0.000000427. The van der Waals surface area contributed by atoms with Crippen LogP contribution in [0.1, 0.15) is 57.6 Å². The Morgan fingerprint density at radius 1 is 0.791 bits per heavy atom. The SMILES string of the molecule is Cc1ccc(NC(=O)NC2CCN(C(=O)OC(C)(C)C)CC2)cc1.Cc1ccc(NC(=O)NC2CCNCC2)cc1.[3H]P.[U]. The number of piperidine rings is 2. The molecule has 2 aliphatic rings. The van der Waals surface area contributed by atoms with E-state index in [0.29, 0.717) is 19.1 Å². The minimum Gasteiger partial charge on any atom is -0.444 e. The molecule has 2 fully saturated rings. The fourth-order valence-electron chi connectivity index (χ4n) is 4.48. The van der Waals surface area contributed by atoms with Crippen LogP contribution in [0.25, 0.3) is 0 Å². The fourth-order valence-corrected chi connectivity index (χ4v) is 4.48. The van der Waals surface area contributed by atoms with Gasteiger partial charge in [0.1, 0.15) is 5.60 Å². The van der Waals surface area contributed by atoms with Crippen LogP contribution in [0.5, 0.6) is 0 Å². The summed E-state index contributed by atoms with van der Waals surface area (Å²) in [4.78, 5) is 37.5. The first-order valence-electron chi connectivity index (χ1n) is 15.0. The average Bonchev–Trinajstić information content (AvgIpc) is 2.97. The molecule has 0 spiro atoms. The van der Waals surface area contributed by atoms with Gasteiger partial charge in [-0.15, -0.1) is 0 Å². The van der Waals surface area contributed by atoms with Crippen LogP contribution in [0.2, 0.25) is 0 Å². The van der Waals surface area contributed by atoms with Crippen molar-refractivity contribution in [2.24, 2.45) is 0 Å². The number of nitrogens with one attached hydrogen (secondary N) is 5. The number of hydrogen-bond acceptors (Lipinski definition) is 5. The Labute approximate surface area is 284 Å². The van der Waals surface area contributed by atoms with Crippen LogP contribution in [0.15, 0.2) is 48.5 Å². The second-order valence-electron chi connectivity index (χ2n) is 11.7. The summed E-state index contributed by atoms with van der Waals surface area (Å²) in [7, 11) is 1.67. The van der Waals surface area contributed by atoms with Crippen LogP contribution in [-0.4, -0.2) is 68.2 Å². The van der Waals surface area contributed by atoms with Gasteiger partial charge in [0.05, 0.1) is 1.28 Å². The molecule has 0 aromatic heterocycles. The number of nitrogens with zero attached hydrogens (tertiary/aromatic N) is 1. The zero-order valence-corrected chi connectivity index (χ0v) is 31.4. The molecule has 2 heterocycles. The third kappa shape index (κ3) is 15.3. The summed E-state index contributed by atoms with van der Waals surface area (Å²) in [5.74, 6) is 0. The Morgan fingerprint density at radius 3 is 1.58 bits per heavy atom. The summed E-state index contributed by atoms with van der Waals surface area (Å²) in [6.45, 7) is 12.7. The number of urea groups is 2. The second-order valence-corrected chi connectivity index (χ2v) is 11.7. The van der Waals surface area contributed by atoms with E-state index < -0.39 is 5.60 Å². The zero-order valence-electron chi connectivity index (χ0n) is 27.1. The Bertz CT molecular complexity index is 1140. The van der Waals surface area contributed by atoms with E-state index in [0.717, 1.165) is 55.7 Å². The zero-order chi connectivity index (χ0) is 31.8. The monoisotopic (exact) mass is 840 g/mol. The molecule has 5 amide bonds. The third-order valence-electron chi connectivity index (χ3n) is 6.78. The molecular weight excluding hydrogens is 789 g/mol. The molecule has 0 radical (unpaired) electrons. The number of anilines is 2. The van der Waals surface area contributed by atoms with E-state index in [-0.39, 0.29) is 55.3 Å². The first-order valence-corrected chi connectivity index (χ1v) is 14.4. The maximum absolute atomic E-state index is 12.0. The maximum atomic E-state index is 12.0. The molecule has 2 saturated heterocycles. The normalized spacial score (nSPS) is 15.5. The molecule has 4 rings (SSSR count). The molecule has 10 nitrogen and oxygen atoms in total. The van der Waals surface area contributed by atoms with Crippen LogP contribution >= 0.6 is 9.84 Å². The van der Waals surface area contributed by atoms with Crippen molar-refractivity contribution >= 4 is 39.4 Å². The fraction of sp³-hybridized carbons (Fsp3) is 0.516. The van der Waals surface area contributed by atoms with Gasteiger partial charge in [0, 0.05) is 67.7 Å². The van der Waals surface area contributed by atoms with Crippen molar-refractivity contribution in [3.8, 4) is 0 Å². The number of carbonyl (C=O) groups is 3. The van der Waals surface area contributed by atoms with E-state index in [4.69, 9.17) is 6.02 Å².